The number of carbonyl (C=O) groups is 1. The molecule has 0 saturated heterocycles. The predicted octanol–water partition coefficient (Wildman–Crippen LogP) is 2.51. The van der Waals surface area contributed by atoms with Crippen LogP contribution in [0.3, 0.4) is 0 Å². The Morgan fingerprint density at radius 1 is 1.32 bits per heavy atom. The van der Waals surface area contributed by atoms with Gasteiger partial charge in [-0.25, -0.2) is 0 Å². The molecule has 1 rings (SSSR count). The second-order valence-corrected chi connectivity index (χ2v) is 5.25. The lowest BCUT2D eigenvalue weighted by atomic mass is 10.0. The van der Waals surface area contributed by atoms with E-state index in [1.807, 2.05) is 17.0 Å². The molecule has 19 heavy (non-hydrogen) atoms. The molecule has 3 heteroatoms. The van der Waals surface area contributed by atoms with Crippen molar-refractivity contribution in [1.29, 1.82) is 0 Å². The van der Waals surface area contributed by atoms with E-state index < -0.39 is 0 Å². The van der Waals surface area contributed by atoms with Crippen LogP contribution in [0.5, 0.6) is 0 Å². The van der Waals surface area contributed by atoms with Gasteiger partial charge in [0.2, 0.25) is 5.91 Å². The second kappa shape index (κ2) is 7.95. The first-order valence-electron chi connectivity index (χ1n) is 7.10. The molecule has 2 N–H and O–H groups in total. The lowest BCUT2D eigenvalue weighted by Crippen LogP contribution is -2.38. The first kappa shape index (κ1) is 15.7. The minimum Gasteiger partial charge on any atom is -0.340 e. The molecule has 0 aliphatic rings. The predicted molar refractivity (Wildman–Crippen MR) is 80.0 cm³/mol. The molecular weight excluding hydrogens is 236 g/mol. The van der Waals surface area contributed by atoms with E-state index in [4.69, 9.17) is 5.73 Å². The summed E-state index contributed by atoms with van der Waals surface area (Å²) >= 11 is 0. The van der Waals surface area contributed by atoms with Gasteiger partial charge in [0.15, 0.2) is 0 Å². The monoisotopic (exact) mass is 262 g/mol. The number of benzene rings is 1. The van der Waals surface area contributed by atoms with E-state index in [2.05, 4.69) is 32.9 Å². The van der Waals surface area contributed by atoms with Gasteiger partial charge in [-0.3, -0.25) is 4.79 Å². The van der Waals surface area contributed by atoms with E-state index in [-0.39, 0.29) is 11.9 Å². The molecule has 1 aromatic carbocycles. The van der Waals surface area contributed by atoms with Crippen LogP contribution < -0.4 is 5.73 Å². The van der Waals surface area contributed by atoms with Crippen LogP contribution in [-0.2, 0) is 11.2 Å². The fourth-order valence-corrected chi connectivity index (χ4v) is 2.21. The summed E-state index contributed by atoms with van der Waals surface area (Å²) in [7, 11) is 0. The first-order valence-corrected chi connectivity index (χ1v) is 7.10. The zero-order chi connectivity index (χ0) is 14.3. The first-order chi connectivity index (χ1) is 9.06. The number of hydrogen-bond donors (Lipinski definition) is 1. The number of carbonyl (C=O) groups excluding carboxylic acids is 1. The molecule has 0 bridgehead atoms. The zero-order valence-electron chi connectivity index (χ0n) is 12.4. The molecule has 3 nitrogen and oxygen atoms in total. The van der Waals surface area contributed by atoms with E-state index in [1.165, 1.54) is 11.1 Å². The lowest BCUT2D eigenvalue weighted by Gasteiger charge is -2.26. The minimum atomic E-state index is 0.228. The van der Waals surface area contributed by atoms with Crippen molar-refractivity contribution in [2.45, 2.75) is 46.1 Å². The van der Waals surface area contributed by atoms with Gasteiger partial charge in [-0.1, -0.05) is 24.3 Å². The summed E-state index contributed by atoms with van der Waals surface area (Å²) in [6.45, 7) is 7.61. The van der Waals surface area contributed by atoms with Crippen LogP contribution in [0, 0.1) is 6.92 Å². The Kier molecular flexibility index (Phi) is 6.57. The van der Waals surface area contributed by atoms with E-state index in [0.29, 0.717) is 13.0 Å². The molecule has 0 radical (unpaired) electrons. The van der Waals surface area contributed by atoms with Crippen molar-refractivity contribution in [2.24, 2.45) is 5.73 Å². The quantitative estimate of drug-likeness (QED) is 0.820. The zero-order valence-corrected chi connectivity index (χ0v) is 12.4. The number of nitrogens with two attached hydrogens (primary N) is 1. The molecule has 0 aromatic heterocycles. The SMILES string of the molecule is Cc1ccccc1CCC(=O)N(CCCN)C(C)C. The molecule has 0 atom stereocenters. The normalized spacial score (nSPS) is 10.8. The fraction of sp³-hybridized carbons (Fsp3) is 0.562. The number of rotatable bonds is 7. The van der Waals surface area contributed by atoms with Crippen molar-refractivity contribution < 1.29 is 4.79 Å². The highest BCUT2D eigenvalue weighted by Gasteiger charge is 2.16. The molecule has 0 aliphatic heterocycles. The smallest absolute Gasteiger partial charge is 0.223 e. The molecule has 0 aliphatic carbocycles. The van der Waals surface area contributed by atoms with Gasteiger partial charge in [-0.15, -0.1) is 0 Å². The number of aryl methyl sites for hydroxylation is 2. The lowest BCUT2D eigenvalue weighted by molar-refractivity contribution is -0.132. The van der Waals surface area contributed by atoms with Crippen LogP contribution in [0.25, 0.3) is 0 Å². The number of amides is 1. The highest BCUT2D eigenvalue weighted by atomic mass is 16.2. The Morgan fingerprint density at radius 3 is 2.58 bits per heavy atom. The highest BCUT2D eigenvalue weighted by Crippen LogP contribution is 2.11. The van der Waals surface area contributed by atoms with E-state index in [0.717, 1.165) is 19.4 Å². The Morgan fingerprint density at radius 2 is 2.00 bits per heavy atom. The minimum absolute atomic E-state index is 0.228. The summed E-state index contributed by atoms with van der Waals surface area (Å²) in [6, 6.07) is 8.50. The number of nitrogens with zero attached hydrogens (tertiary/aromatic N) is 1. The van der Waals surface area contributed by atoms with Gasteiger partial charge in [0.25, 0.3) is 0 Å². The van der Waals surface area contributed by atoms with Crippen molar-refractivity contribution in [3.05, 3.63) is 35.4 Å². The average molecular weight is 262 g/mol. The van der Waals surface area contributed by atoms with Gasteiger partial charge in [0, 0.05) is 19.0 Å². The van der Waals surface area contributed by atoms with Gasteiger partial charge in [0.1, 0.15) is 0 Å². The van der Waals surface area contributed by atoms with Gasteiger partial charge < -0.3 is 10.6 Å². The van der Waals surface area contributed by atoms with Crippen LogP contribution in [0.4, 0.5) is 0 Å². The third-order valence-electron chi connectivity index (χ3n) is 3.42. The van der Waals surface area contributed by atoms with Crippen molar-refractivity contribution >= 4 is 5.91 Å². The Balaban J connectivity index is 2.55. The third-order valence-corrected chi connectivity index (χ3v) is 3.42. The van der Waals surface area contributed by atoms with Gasteiger partial charge >= 0.3 is 0 Å². The summed E-state index contributed by atoms with van der Waals surface area (Å²) in [4.78, 5) is 14.2. The Labute approximate surface area is 116 Å². The molecule has 1 aromatic rings. The molecular formula is C16H26N2O. The summed E-state index contributed by atoms with van der Waals surface area (Å²) in [5.74, 6) is 0.228. The summed E-state index contributed by atoms with van der Waals surface area (Å²) in [6.07, 6.45) is 2.26. The van der Waals surface area contributed by atoms with E-state index in [1.54, 1.807) is 0 Å². The molecule has 0 fully saturated rings. The summed E-state index contributed by atoms with van der Waals surface area (Å²) in [5.41, 5.74) is 8.04. The van der Waals surface area contributed by atoms with Crippen LogP contribution in [0.1, 0.15) is 37.8 Å². The average Bonchev–Trinajstić information content (AvgIpc) is 2.38. The molecule has 0 heterocycles. The maximum atomic E-state index is 12.3. The summed E-state index contributed by atoms with van der Waals surface area (Å²) < 4.78 is 0. The molecule has 0 spiro atoms. The van der Waals surface area contributed by atoms with E-state index >= 15 is 0 Å². The molecule has 106 valence electrons. The fourth-order valence-electron chi connectivity index (χ4n) is 2.21. The molecule has 1 amide bonds. The maximum Gasteiger partial charge on any atom is 0.223 e. The van der Waals surface area contributed by atoms with Crippen molar-refractivity contribution in [2.75, 3.05) is 13.1 Å². The van der Waals surface area contributed by atoms with Crippen LogP contribution in [-0.4, -0.2) is 29.9 Å². The standard InChI is InChI=1S/C16H26N2O/c1-13(2)18(12-6-11-17)16(19)10-9-15-8-5-4-7-14(15)3/h4-5,7-8,13H,6,9-12,17H2,1-3H3. The highest BCUT2D eigenvalue weighted by molar-refractivity contribution is 5.76. The van der Waals surface area contributed by atoms with Crippen LogP contribution in [0.15, 0.2) is 24.3 Å². The second-order valence-electron chi connectivity index (χ2n) is 5.25. The molecule has 0 unspecified atom stereocenters. The largest absolute Gasteiger partial charge is 0.340 e. The van der Waals surface area contributed by atoms with Gasteiger partial charge in [-0.05, 0) is 51.3 Å². The summed E-state index contributed by atoms with van der Waals surface area (Å²) in [5, 5.41) is 0. The number of hydrogen-bond acceptors (Lipinski definition) is 2. The van der Waals surface area contributed by atoms with Crippen LogP contribution in [0.2, 0.25) is 0 Å². The van der Waals surface area contributed by atoms with Gasteiger partial charge in [-0.2, -0.15) is 0 Å². The van der Waals surface area contributed by atoms with Crippen LogP contribution >= 0.6 is 0 Å². The van der Waals surface area contributed by atoms with Crippen molar-refractivity contribution in [3.8, 4) is 0 Å². The Bertz CT molecular complexity index is 401. The van der Waals surface area contributed by atoms with Crippen molar-refractivity contribution in [3.63, 3.8) is 0 Å². The maximum absolute atomic E-state index is 12.3. The topological polar surface area (TPSA) is 46.3 Å². The third kappa shape index (κ3) is 5.03. The molecule has 0 saturated carbocycles. The van der Waals surface area contributed by atoms with Crippen molar-refractivity contribution in [1.82, 2.24) is 4.90 Å². The Hall–Kier alpha value is -1.35. The van der Waals surface area contributed by atoms with Gasteiger partial charge in [0.05, 0.1) is 0 Å². The van der Waals surface area contributed by atoms with E-state index in [9.17, 15) is 4.79 Å².